The van der Waals surface area contributed by atoms with E-state index in [0.29, 0.717) is 23.6 Å². The second-order valence-corrected chi connectivity index (χ2v) is 7.99. The predicted octanol–water partition coefficient (Wildman–Crippen LogP) is 2.96. The highest BCUT2D eigenvalue weighted by Crippen LogP contribution is 2.62. The van der Waals surface area contributed by atoms with E-state index in [-0.39, 0.29) is 0 Å². The Hall–Kier alpha value is -0.840. The summed E-state index contributed by atoms with van der Waals surface area (Å²) in [5, 5.41) is 3.97. The average molecular weight is 316 g/mol. The Kier molecular flexibility index (Phi) is 3.54. The fraction of sp³-hybridized carbons (Fsp3) is 0.789. The van der Waals surface area contributed by atoms with E-state index in [1.165, 1.54) is 51.6 Å². The van der Waals surface area contributed by atoms with Crippen LogP contribution in [0.15, 0.2) is 22.8 Å². The molecular weight excluding hydrogens is 288 g/mol. The number of nitrogens with zero attached hydrogens (tertiary/aromatic N) is 1. The number of fused-ring (bicyclic) bond motifs is 2. The van der Waals surface area contributed by atoms with E-state index in [9.17, 15) is 0 Å². The summed E-state index contributed by atoms with van der Waals surface area (Å²) < 4.78 is 11.8. The van der Waals surface area contributed by atoms with Crippen LogP contribution in [0.25, 0.3) is 0 Å². The zero-order chi connectivity index (χ0) is 15.3. The number of hydrogen-bond donors (Lipinski definition) is 1. The van der Waals surface area contributed by atoms with Gasteiger partial charge in [-0.15, -0.1) is 0 Å². The molecular formula is C19H28N2O2. The molecule has 4 heteroatoms. The first-order valence-corrected chi connectivity index (χ1v) is 9.51. The van der Waals surface area contributed by atoms with Crippen LogP contribution in [0.1, 0.15) is 50.3 Å². The molecule has 0 radical (unpaired) electrons. The van der Waals surface area contributed by atoms with Crippen molar-refractivity contribution in [2.24, 2.45) is 11.3 Å². The van der Waals surface area contributed by atoms with Gasteiger partial charge in [0.2, 0.25) is 0 Å². The van der Waals surface area contributed by atoms with Crippen LogP contribution in [0.2, 0.25) is 0 Å². The molecule has 2 unspecified atom stereocenters. The van der Waals surface area contributed by atoms with E-state index >= 15 is 0 Å². The van der Waals surface area contributed by atoms with Crippen LogP contribution in [-0.2, 0) is 4.74 Å². The van der Waals surface area contributed by atoms with Gasteiger partial charge in [-0.25, -0.2) is 0 Å². The molecule has 1 aromatic rings. The van der Waals surface area contributed by atoms with Gasteiger partial charge in [0.15, 0.2) is 0 Å². The van der Waals surface area contributed by atoms with Crippen molar-refractivity contribution < 1.29 is 9.15 Å². The van der Waals surface area contributed by atoms with Crippen molar-refractivity contribution in [3.63, 3.8) is 0 Å². The Labute approximate surface area is 138 Å². The number of furan rings is 1. The summed E-state index contributed by atoms with van der Waals surface area (Å²) in [5.41, 5.74) is 0.472. The Bertz CT molecular complexity index is 534. The maximum atomic E-state index is 6.05. The molecule has 2 aliphatic carbocycles. The molecule has 4 nitrogen and oxygen atoms in total. The smallest absolute Gasteiger partial charge is 0.122 e. The lowest BCUT2D eigenvalue weighted by Crippen LogP contribution is -2.71. The number of nitrogens with one attached hydrogen (secondary N) is 1. The van der Waals surface area contributed by atoms with Crippen LogP contribution >= 0.6 is 0 Å². The van der Waals surface area contributed by atoms with Crippen molar-refractivity contribution in [3.05, 3.63) is 24.2 Å². The molecule has 2 saturated carbocycles. The monoisotopic (exact) mass is 316 g/mol. The average Bonchev–Trinajstić information content (AvgIpc) is 3.24. The predicted molar refractivity (Wildman–Crippen MR) is 88.2 cm³/mol. The largest absolute Gasteiger partial charge is 0.468 e. The molecule has 23 heavy (non-hydrogen) atoms. The van der Waals surface area contributed by atoms with E-state index in [1.54, 1.807) is 0 Å². The quantitative estimate of drug-likeness (QED) is 0.906. The Morgan fingerprint density at radius 2 is 2.13 bits per heavy atom. The molecule has 4 aliphatic rings. The summed E-state index contributed by atoms with van der Waals surface area (Å²) >= 11 is 0. The fourth-order valence-electron chi connectivity index (χ4n) is 5.74. The number of hydrogen-bond acceptors (Lipinski definition) is 4. The first kappa shape index (κ1) is 14.5. The third-order valence-electron chi connectivity index (χ3n) is 7.02. The van der Waals surface area contributed by atoms with Crippen molar-refractivity contribution in [1.82, 2.24) is 10.2 Å². The van der Waals surface area contributed by atoms with Gasteiger partial charge >= 0.3 is 0 Å². The molecule has 0 bridgehead atoms. The summed E-state index contributed by atoms with van der Waals surface area (Å²) in [5.74, 6) is 1.88. The van der Waals surface area contributed by atoms with Gasteiger partial charge in [-0.3, -0.25) is 4.90 Å². The topological polar surface area (TPSA) is 37.6 Å². The van der Waals surface area contributed by atoms with Gasteiger partial charge in [0, 0.05) is 30.5 Å². The highest BCUT2D eigenvalue weighted by molar-refractivity contribution is 5.19. The van der Waals surface area contributed by atoms with Gasteiger partial charge in [-0.2, -0.15) is 0 Å². The second-order valence-electron chi connectivity index (χ2n) is 7.99. The lowest BCUT2D eigenvalue weighted by Gasteiger charge is -2.63. The molecule has 2 saturated heterocycles. The molecule has 1 aromatic heterocycles. The first-order chi connectivity index (χ1) is 11.4. The third-order valence-corrected chi connectivity index (χ3v) is 7.02. The van der Waals surface area contributed by atoms with Crippen molar-refractivity contribution in [2.45, 2.75) is 56.7 Å². The Morgan fingerprint density at radius 1 is 1.26 bits per heavy atom. The molecule has 126 valence electrons. The molecule has 2 aliphatic heterocycles. The SMILES string of the molecule is c1coc(C(CNC2[C@@H]3CCO[C@@H]3C23CCC3)N2CCCC2)c1. The molecule has 3 heterocycles. The minimum Gasteiger partial charge on any atom is -0.468 e. The van der Waals surface area contributed by atoms with Gasteiger partial charge in [-0.05, 0) is 57.3 Å². The molecule has 4 atom stereocenters. The molecule has 5 rings (SSSR count). The fourth-order valence-corrected chi connectivity index (χ4v) is 5.74. The molecule has 0 amide bonds. The van der Waals surface area contributed by atoms with E-state index in [0.717, 1.165) is 24.8 Å². The minimum atomic E-state index is 0.394. The summed E-state index contributed by atoms with van der Waals surface area (Å²) in [7, 11) is 0. The van der Waals surface area contributed by atoms with E-state index < -0.39 is 0 Å². The Balaban J connectivity index is 1.30. The van der Waals surface area contributed by atoms with Crippen LogP contribution in [0, 0.1) is 11.3 Å². The molecule has 1 N–H and O–H groups in total. The highest BCUT2D eigenvalue weighted by atomic mass is 16.5. The summed E-state index contributed by atoms with van der Waals surface area (Å²) in [4.78, 5) is 2.60. The zero-order valence-electron chi connectivity index (χ0n) is 13.9. The lowest BCUT2D eigenvalue weighted by molar-refractivity contribution is -0.176. The van der Waals surface area contributed by atoms with E-state index in [1.807, 2.05) is 12.3 Å². The Morgan fingerprint density at radius 3 is 2.83 bits per heavy atom. The van der Waals surface area contributed by atoms with Crippen LogP contribution < -0.4 is 5.32 Å². The van der Waals surface area contributed by atoms with Crippen LogP contribution in [0.5, 0.6) is 0 Å². The molecule has 1 spiro atoms. The molecule has 0 aromatic carbocycles. The summed E-state index contributed by atoms with van der Waals surface area (Å²) in [6.07, 6.45) is 10.4. The number of ether oxygens (including phenoxy) is 1. The van der Waals surface area contributed by atoms with Gasteiger partial charge in [0.25, 0.3) is 0 Å². The van der Waals surface area contributed by atoms with Crippen LogP contribution in [0.3, 0.4) is 0 Å². The normalized spacial score (nSPS) is 36.6. The van der Waals surface area contributed by atoms with Crippen molar-refractivity contribution >= 4 is 0 Å². The number of rotatable bonds is 5. The van der Waals surface area contributed by atoms with Crippen molar-refractivity contribution in [1.29, 1.82) is 0 Å². The van der Waals surface area contributed by atoms with Crippen LogP contribution in [-0.4, -0.2) is 43.3 Å². The van der Waals surface area contributed by atoms with E-state index in [4.69, 9.17) is 9.15 Å². The minimum absolute atomic E-state index is 0.394. The number of likely N-dealkylation sites (tertiary alicyclic amines) is 1. The maximum absolute atomic E-state index is 6.05. The molecule has 4 fully saturated rings. The standard InChI is InChI=1S/C19H28N2O2/c1-2-10-21(9-1)15(16-5-3-11-22-16)13-20-17-14-6-12-23-18(14)19(17)7-4-8-19/h3,5,11,14-15,17-18,20H,1-2,4,6-10,12-13H2/t14-,15?,17?,18-/m0/s1. The first-order valence-electron chi connectivity index (χ1n) is 9.51. The van der Waals surface area contributed by atoms with Crippen molar-refractivity contribution in [3.8, 4) is 0 Å². The van der Waals surface area contributed by atoms with Crippen molar-refractivity contribution in [2.75, 3.05) is 26.2 Å². The lowest BCUT2D eigenvalue weighted by atomic mass is 9.46. The van der Waals surface area contributed by atoms with Gasteiger partial charge in [0.1, 0.15) is 5.76 Å². The third kappa shape index (κ3) is 2.15. The highest BCUT2D eigenvalue weighted by Gasteiger charge is 2.66. The zero-order valence-corrected chi connectivity index (χ0v) is 13.9. The van der Waals surface area contributed by atoms with Crippen LogP contribution in [0.4, 0.5) is 0 Å². The summed E-state index contributed by atoms with van der Waals surface area (Å²) in [6, 6.07) is 5.23. The second kappa shape index (κ2) is 5.61. The van der Waals surface area contributed by atoms with Gasteiger partial charge in [-0.1, -0.05) is 6.42 Å². The van der Waals surface area contributed by atoms with Gasteiger partial charge < -0.3 is 14.5 Å². The maximum Gasteiger partial charge on any atom is 0.122 e. The van der Waals surface area contributed by atoms with Gasteiger partial charge in [0.05, 0.1) is 18.4 Å². The summed E-state index contributed by atoms with van der Waals surface area (Å²) in [6.45, 7) is 4.40. The van der Waals surface area contributed by atoms with E-state index in [2.05, 4.69) is 16.3 Å².